The number of benzene rings is 2. The number of pyridine rings is 1. The molecule has 0 amide bonds. The van der Waals surface area contributed by atoms with Crippen LogP contribution in [0.1, 0.15) is 41.1 Å². The molecule has 160 valence electrons. The molecule has 0 bridgehead atoms. The maximum Gasteiger partial charge on any atom is 0.123 e. The van der Waals surface area contributed by atoms with E-state index >= 15 is 0 Å². The zero-order chi connectivity index (χ0) is 21.5. The summed E-state index contributed by atoms with van der Waals surface area (Å²) < 4.78 is 13.4. The Balaban J connectivity index is 1.42. The molecule has 0 unspecified atom stereocenters. The predicted octanol–water partition coefficient (Wildman–Crippen LogP) is 5.23. The Bertz CT molecular complexity index is 1310. The number of fused-ring (bicyclic) bond motifs is 2. The summed E-state index contributed by atoms with van der Waals surface area (Å²) in [4.78, 5) is 13.1. The molecular weight excluding hydrogens is 399 g/mol. The van der Waals surface area contributed by atoms with Crippen molar-refractivity contribution in [3.63, 3.8) is 0 Å². The minimum Gasteiger partial charge on any atom is -0.353 e. The lowest BCUT2D eigenvalue weighted by molar-refractivity contribution is 0.460. The van der Waals surface area contributed by atoms with Crippen molar-refractivity contribution in [1.82, 2.24) is 15.3 Å². The summed E-state index contributed by atoms with van der Waals surface area (Å²) in [7, 11) is 0. The molecule has 2 aromatic carbocycles. The van der Waals surface area contributed by atoms with E-state index in [1.165, 1.54) is 41.7 Å². The Labute approximate surface area is 186 Å². The summed E-state index contributed by atoms with van der Waals surface area (Å²) in [5.74, 6) is 0.370. The Kier molecular flexibility index (Phi) is 4.84. The highest BCUT2D eigenvalue weighted by Crippen LogP contribution is 2.32. The quantitative estimate of drug-likeness (QED) is 0.473. The standard InChI is InChI=1S/C27H25FN4/c28-21-5-3-19(4-6-21)26-23-16-25(32-24(23)10-14-30-26)27-22-15-20(17-7-11-29-12-8-17)2-1-18(22)9-13-31-27/h1-6,10,14-17,29,32H,7-9,11-13H2. The van der Waals surface area contributed by atoms with Gasteiger partial charge in [-0.25, -0.2) is 4.39 Å². The highest BCUT2D eigenvalue weighted by molar-refractivity contribution is 6.15. The Morgan fingerprint density at radius 3 is 2.62 bits per heavy atom. The number of rotatable bonds is 3. The van der Waals surface area contributed by atoms with Crippen molar-refractivity contribution in [1.29, 1.82) is 0 Å². The number of hydrogen-bond acceptors (Lipinski definition) is 3. The highest BCUT2D eigenvalue weighted by Gasteiger charge is 2.22. The van der Waals surface area contributed by atoms with Crippen LogP contribution >= 0.6 is 0 Å². The maximum absolute atomic E-state index is 13.4. The molecule has 4 nitrogen and oxygen atoms in total. The summed E-state index contributed by atoms with van der Waals surface area (Å²) in [6.45, 7) is 2.97. The summed E-state index contributed by atoms with van der Waals surface area (Å²) in [5, 5.41) is 4.49. The molecule has 1 fully saturated rings. The van der Waals surface area contributed by atoms with Gasteiger partial charge in [0.15, 0.2) is 0 Å². The van der Waals surface area contributed by atoms with Crippen LogP contribution in [-0.4, -0.2) is 35.3 Å². The van der Waals surface area contributed by atoms with Crippen molar-refractivity contribution < 1.29 is 4.39 Å². The number of nitrogens with zero attached hydrogens (tertiary/aromatic N) is 2. The second kappa shape index (κ2) is 7.99. The number of piperidine rings is 1. The average Bonchev–Trinajstić information content (AvgIpc) is 3.29. The molecule has 32 heavy (non-hydrogen) atoms. The molecule has 4 aromatic rings. The van der Waals surface area contributed by atoms with Gasteiger partial charge in [0.1, 0.15) is 5.82 Å². The first-order valence-electron chi connectivity index (χ1n) is 11.4. The van der Waals surface area contributed by atoms with Crippen LogP contribution in [0.15, 0.2) is 65.8 Å². The van der Waals surface area contributed by atoms with Crippen molar-refractivity contribution in [2.75, 3.05) is 19.6 Å². The van der Waals surface area contributed by atoms with E-state index in [9.17, 15) is 4.39 Å². The SMILES string of the molecule is Fc1ccc(-c2nccc3[nH]c(C4=NCCc5ccc(C6CCNCC6)cc54)cc23)cc1. The number of aromatic nitrogens is 2. The third-order valence-corrected chi connectivity index (χ3v) is 6.77. The number of hydrogen-bond donors (Lipinski definition) is 2. The first-order valence-corrected chi connectivity index (χ1v) is 11.4. The third kappa shape index (κ3) is 3.43. The minimum absolute atomic E-state index is 0.242. The predicted molar refractivity (Wildman–Crippen MR) is 127 cm³/mol. The summed E-state index contributed by atoms with van der Waals surface area (Å²) >= 11 is 0. The summed E-state index contributed by atoms with van der Waals surface area (Å²) in [6.07, 6.45) is 5.15. The largest absolute Gasteiger partial charge is 0.353 e. The zero-order valence-electron chi connectivity index (χ0n) is 17.9. The van der Waals surface area contributed by atoms with Crippen molar-refractivity contribution in [3.05, 3.63) is 89.0 Å². The van der Waals surface area contributed by atoms with Gasteiger partial charge in [-0.15, -0.1) is 0 Å². The molecule has 0 aliphatic carbocycles. The first kappa shape index (κ1) is 19.4. The zero-order valence-corrected chi connectivity index (χ0v) is 17.9. The summed E-state index contributed by atoms with van der Waals surface area (Å²) in [5.41, 5.74) is 8.84. The van der Waals surface area contributed by atoms with Crippen LogP contribution in [0.25, 0.3) is 22.2 Å². The fraction of sp³-hybridized carbons (Fsp3) is 0.259. The molecule has 2 aliphatic heterocycles. The normalized spacial score (nSPS) is 16.7. The van der Waals surface area contributed by atoms with Crippen LogP contribution in [0.2, 0.25) is 0 Å². The van der Waals surface area contributed by atoms with Crippen LogP contribution in [0.3, 0.4) is 0 Å². The Hall–Kier alpha value is -3.31. The van der Waals surface area contributed by atoms with E-state index in [1.54, 1.807) is 18.3 Å². The van der Waals surface area contributed by atoms with Crippen molar-refractivity contribution in [3.8, 4) is 11.3 Å². The van der Waals surface area contributed by atoms with Crippen LogP contribution in [0.4, 0.5) is 4.39 Å². The molecule has 4 heterocycles. The first-order chi connectivity index (χ1) is 15.8. The van der Waals surface area contributed by atoms with E-state index in [1.807, 2.05) is 6.07 Å². The lowest BCUT2D eigenvalue weighted by Crippen LogP contribution is -2.27. The fourth-order valence-electron chi connectivity index (χ4n) is 5.06. The van der Waals surface area contributed by atoms with Gasteiger partial charge in [-0.3, -0.25) is 9.98 Å². The van der Waals surface area contributed by atoms with Crippen molar-refractivity contribution in [2.24, 2.45) is 4.99 Å². The molecular formula is C27H25FN4. The van der Waals surface area contributed by atoms with E-state index in [4.69, 9.17) is 4.99 Å². The Morgan fingerprint density at radius 1 is 0.938 bits per heavy atom. The van der Waals surface area contributed by atoms with Gasteiger partial charge in [0, 0.05) is 34.8 Å². The number of halogens is 1. The highest BCUT2D eigenvalue weighted by atomic mass is 19.1. The molecule has 0 spiro atoms. The van der Waals surface area contributed by atoms with E-state index < -0.39 is 0 Å². The van der Waals surface area contributed by atoms with Crippen molar-refractivity contribution >= 4 is 16.6 Å². The van der Waals surface area contributed by atoms with Gasteiger partial charge >= 0.3 is 0 Å². The number of H-pyrrole nitrogens is 1. The van der Waals surface area contributed by atoms with E-state index in [2.05, 4.69) is 39.6 Å². The summed E-state index contributed by atoms with van der Waals surface area (Å²) in [6, 6.07) is 17.6. The smallest absolute Gasteiger partial charge is 0.123 e. The van der Waals surface area contributed by atoms with Gasteiger partial charge in [0.2, 0.25) is 0 Å². The van der Waals surface area contributed by atoms with Gasteiger partial charge in [0.05, 0.1) is 17.1 Å². The molecule has 2 aromatic heterocycles. The fourth-order valence-corrected chi connectivity index (χ4v) is 5.06. The van der Waals surface area contributed by atoms with Gasteiger partial charge in [-0.2, -0.15) is 0 Å². The average molecular weight is 425 g/mol. The molecule has 2 aliphatic rings. The van der Waals surface area contributed by atoms with Crippen LogP contribution in [0.5, 0.6) is 0 Å². The molecule has 6 rings (SSSR count). The molecule has 2 N–H and O–H groups in total. The van der Waals surface area contributed by atoms with Gasteiger partial charge in [0.25, 0.3) is 0 Å². The number of nitrogens with one attached hydrogen (secondary N) is 2. The molecule has 0 radical (unpaired) electrons. The van der Waals surface area contributed by atoms with E-state index in [-0.39, 0.29) is 5.82 Å². The maximum atomic E-state index is 13.4. The van der Waals surface area contributed by atoms with E-state index in [0.717, 1.165) is 59.6 Å². The van der Waals surface area contributed by atoms with Gasteiger partial charge in [-0.1, -0.05) is 12.1 Å². The number of aliphatic imine (C=N–C) groups is 1. The van der Waals surface area contributed by atoms with Crippen LogP contribution < -0.4 is 5.32 Å². The monoisotopic (exact) mass is 424 g/mol. The second-order valence-electron chi connectivity index (χ2n) is 8.73. The van der Waals surface area contributed by atoms with Crippen LogP contribution in [0, 0.1) is 5.82 Å². The molecule has 0 saturated carbocycles. The van der Waals surface area contributed by atoms with Gasteiger partial charge in [-0.05, 0) is 91.9 Å². The Morgan fingerprint density at radius 2 is 1.78 bits per heavy atom. The third-order valence-electron chi connectivity index (χ3n) is 6.77. The molecule has 1 saturated heterocycles. The lowest BCUT2D eigenvalue weighted by atomic mass is 9.86. The molecule has 0 atom stereocenters. The lowest BCUT2D eigenvalue weighted by Gasteiger charge is -2.25. The minimum atomic E-state index is -0.242. The van der Waals surface area contributed by atoms with Crippen molar-refractivity contribution in [2.45, 2.75) is 25.2 Å². The van der Waals surface area contributed by atoms with Gasteiger partial charge < -0.3 is 10.3 Å². The van der Waals surface area contributed by atoms with Crippen LogP contribution in [-0.2, 0) is 6.42 Å². The topological polar surface area (TPSA) is 53.1 Å². The molecule has 5 heteroatoms. The van der Waals surface area contributed by atoms with E-state index in [0.29, 0.717) is 5.92 Å². The number of aromatic amines is 1. The second-order valence-corrected chi connectivity index (χ2v) is 8.73.